The Labute approximate surface area is 122 Å². The molecule has 2 aromatic carbocycles. The molecule has 2 amide bonds. The highest BCUT2D eigenvalue weighted by molar-refractivity contribution is 7.91. The predicted octanol–water partition coefficient (Wildman–Crippen LogP) is 2.29. The van der Waals surface area contributed by atoms with Crippen molar-refractivity contribution in [1.29, 1.82) is 0 Å². The molecule has 22 heavy (non-hydrogen) atoms. The normalized spacial score (nSPS) is 15.5. The van der Waals surface area contributed by atoms with Gasteiger partial charge in [-0.05, 0) is 16.8 Å². The van der Waals surface area contributed by atoms with Gasteiger partial charge >= 0.3 is 15.5 Å². The van der Waals surface area contributed by atoms with E-state index in [4.69, 9.17) is 0 Å². The SMILES string of the molecule is O=C1c2ccc3ccccc3c2C(=O)N1S(=O)(=O)C(F)(F)F. The number of carbonyl (C=O) groups excluding carboxylic acids is 2. The Morgan fingerprint density at radius 2 is 1.55 bits per heavy atom. The summed E-state index contributed by atoms with van der Waals surface area (Å²) in [6, 6.07) is 8.77. The first-order valence-corrected chi connectivity index (χ1v) is 7.32. The van der Waals surface area contributed by atoms with Gasteiger partial charge in [0.1, 0.15) is 0 Å². The van der Waals surface area contributed by atoms with Crippen LogP contribution in [0.2, 0.25) is 0 Å². The third-order valence-electron chi connectivity index (χ3n) is 3.28. The third kappa shape index (κ3) is 1.75. The van der Waals surface area contributed by atoms with Crippen LogP contribution >= 0.6 is 0 Å². The second-order valence-electron chi connectivity index (χ2n) is 4.53. The van der Waals surface area contributed by atoms with Gasteiger partial charge in [-0.25, -0.2) is 0 Å². The minimum absolute atomic E-state index is 0.221. The molecule has 0 aromatic heterocycles. The van der Waals surface area contributed by atoms with E-state index in [1.165, 1.54) is 18.2 Å². The van der Waals surface area contributed by atoms with Crippen LogP contribution in [0.25, 0.3) is 10.8 Å². The van der Waals surface area contributed by atoms with Gasteiger partial charge in [0.25, 0.3) is 11.8 Å². The number of rotatable bonds is 1. The molecule has 5 nitrogen and oxygen atoms in total. The van der Waals surface area contributed by atoms with Crippen LogP contribution in [0.4, 0.5) is 13.2 Å². The Bertz CT molecular complexity index is 934. The molecular formula is C13H6F3NO4S. The summed E-state index contributed by atoms with van der Waals surface area (Å²) in [7, 11) is -6.08. The van der Waals surface area contributed by atoms with E-state index < -0.39 is 31.7 Å². The highest BCUT2D eigenvalue weighted by atomic mass is 32.2. The molecule has 0 saturated heterocycles. The van der Waals surface area contributed by atoms with Gasteiger partial charge in [-0.3, -0.25) is 9.59 Å². The first-order valence-electron chi connectivity index (χ1n) is 5.88. The van der Waals surface area contributed by atoms with E-state index in [-0.39, 0.29) is 16.5 Å². The number of amides is 2. The van der Waals surface area contributed by atoms with Crippen molar-refractivity contribution in [2.45, 2.75) is 5.51 Å². The molecule has 0 bridgehead atoms. The van der Waals surface area contributed by atoms with E-state index in [1.807, 2.05) is 0 Å². The van der Waals surface area contributed by atoms with E-state index in [9.17, 15) is 31.2 Å². The molecule has 2 aromatic rings. The minimum Gasteiger partial charge on any atom is -0.267 e. The van der Waals surface area contributed by atoms with Crippen molar-refractivity contribution in [2.24, 2.45) is 0 Å². The highest BCUT2D eigenvalue weighted by Crippen LogP contribution is 2.36. The quantitative estimate of drug-likeness (QED) is 0.753. The van der Waals surface area contributed by atoms with E-state index >= 15 is 0 Å². The van der Waals surface area contributed by atoms with Crippen LogP contribution in [0.5, 0.6) is 0 Å². The molecule has 0 aliphatic carbocycles. The minimum atomic E-state index is -6.08. The number of fused-ring (bicyclic) bond motifs is 3. The number of alkyl halides is 3. The summed E-state index contributed by atoms with van der Waals surface area (Å²) in [5.74, 6) is -2.99. The van der Waals surface area contributed by atoms with Crippen LogP contribution in [-0.2, 0) is 10.0 Å². The molecule has 9 heteroatoms. The maximum Gasteiger partial charge on any atom is 0.517 e. The molecule has 1 aliphatic heterocycles. The molecule has 114 valence electrons. The van der Waals surface area contributed by atoms with Crippen LogP contribution in [0, 0.1) is 0 Å². The number of sulfonamides is 1. The van der Waals surface area contributed by atoms with Crippen molar-refractivity contribution in [2.75, 3.05) is 0 Å². The van der Waals surface area contributed by atoms with Crippen LogP contribution in [0.15, 0.2) is 36.4 Å². The van der Waals surface area contributed by atoms with Crippen molar-refractivity contribution >= 4 is 32.6 Å². The fraction of sp³-hybridized carbons (Fsp3) is 0.0769. The van der Waals surface area contributed by atoms with E-state index in [1.54, 1.807) is 12.1 Å². The lowest BCUT2D eigenvalue weighted by atomic mass is 10.0. The van der Waals surface area contributed by atoms with Crippen LogP contribution in [0.1, 0.15) is 20.7 Å². The summed E-state index contributed by atoms with van der Waals surface area (Å²) >= 11 is 0. The summed E-state index contributed by atoms with van der Waals surface area (Å²) in [5.41, 5.74) is -6.44. The van der Waals surface area contributed by atoms with Crippen molar-refractivity contribution in [3.63, 3.8) is 0 Å². The zero-order valence-electron chi connectivity index (χ0n) is 10.6. The predicted molar refractivity (Wildman–Crippen MR) is 69.4 cm³/mol. The fourth-order valence-corrected chi connectivity index (χ4v) is 3.14. The number of carbonyl (C=O) groups is 2. The van der Waals surface area contributed by atoms with Gasteiger partial charge in [0.15, 0.2) is 0 Å². The van der Waals surface area contributed by atoms with Crippen molar-refractivity contribution in [3.8, 4) is 0 Å². The second-order valence-corrected chi connectivity index (χ2v) is 6.31. The summed E-state index contributed by atoms with van der Waals surface area (Å²) in [5, 5.41) is 0.729. The molecule has 0 saturated carbocycles. The molecule has 1 aliphatic rings. The Morgan fingerprint density at radius 1 is 0.909 bits per heavy atom. The molecule has 0 atom stereocenters. The van der Waals surface area contributed by atoms with Crippen LogP contribution in [0.3, 0.4) is 0 Å². The Kier molecular flexibility index (Phi) is 2.83. The van der Waals surface area contributed by atoms with Gasteiger partial charge in [0.2, 0.25) is 0 Å². The van der Waals surface area contributed by atoms with Crippen molar-refractivity contribution in [3.05, 3.63) is 47.5 Å². The smallest absolute Gasteiger partial charge is 0.267 e. The fourth-order valence-electron chi connectivity index (χ4n) is 2.31. The summed E-state index contributed by atoms with van der Waals surface area (Å²) in [4.78, 5) is 24.1. The lowest BCUT2D eigenvalue weighted by Crippen LogP contribution is -2.44. The monoisotopic (exact) mass is 329 g/mol. The summed E-state index contributed by atoms with van der Waals surface area (Å²) in [6.07, 6.45) is 0. The van der Waals surface area contributed by atoms with Crippen LogP contribution < -0.4 is 0 Å². The third-order valence-corrected chi connectivity index (χ3v) is 4.67. The average Bonchev–Trinajstić information content (AvgIpc) is 2.70. The standard InChI is InChI=1S/C13H6F3NO4S/c14-13(15,16)22(20,21)17-11(18)9-6-5-7-3-1-2-4-8(7)10(9)12(17)19/h1-6H. The van der Waals surface area contributed by atoms with Gasteiger partial charge in [-0.2, -0.15) is 25.9 Å². The van der Waals surface area contributed by atoms with E-state index in [0.29, 0.717) is 5.39 Å². The van der Waals surface area contributed by atoms with Crippen molar-refractivity contribution in [1.82, 2.24) is 4.31 Å². The number of halogens is 3. The first-order chi connectivity index (χ1) is 10.2. The average molecular weight is 329 g/mol. The van der Waals surface area contributed by atoms with Gasteiger partial charge < -0.3 is 0 Å². The van der Waals surface area contributed by atoms with Gasteiger partial charge in [0.05, 0.1) is 11.1 Å². The lowest BCUT2D eigenvalue weighted by Gasteiger charge is -2.16. The van der Waals surface area contributed by atoms with Gasteiger partial charge in [0, 0.05) is 0 Å². The highest BCUT2D eigenvalue weighted by Gasteiger charge is 2.57. The van der Waals surface area contributed by atoms with Gasteiger partial charge in [-0.1, -0.05) is 30.3 Å². The topological polar surface area (TPSA) is 71.5 Å². The number of imide groups is 1. The maximum absolute atomic E-state index is 12.6. The second kappa shape index (κ2) is 4.29. The van der Waals surface area contributed by atoms with Gasteiger partial charge in [-0.15, -0.1) is 0 Å². The Morgan fingerprint density at radius 3 is 2.18 bits per heavy atom. The molecule has 0 N–H and O–H groups in total. The first kappa shape index (κ1) is 14.5. The molecule has 0 spiro atoms. The summed E-state index contributed by atoms with van der Waals surface area (Å²) < 4.78 is 60.1. The zero-order chi connectivity index (χ0) is 16.3. The molecule has 0 radical (unpaired) electrons. The zero-order valence-corrected chi connectivity index (χ0v) is 11.4. The molecule has 1 heterocycles. The van der Waals surface area contributed by atoms with Crippen molar-refractivity contribution < 1.29 is 31.2 Å². The molecule has 0 fully saturated rings. The Hall–Kier alpha value is -2.42. The lowest BCUT2D eigenvalue weighted by molar-refractivity contribution is -0.0476. The number of nitrogens with zero attached hydrogens (tertiary/aromatic N) is 1. The number of hydrogen-bond donors (Lipinski definition) is 0. The number of hydrogen-bond acceptors (Lipinski definition) is 4. The van der Waals surface area contributed by atoms with E-state index in [2.05, 4.69) is 0 Å². The van der Waals surface area contributed by atoms with Crippen LogP contribution in [-0.4, -0.2) is 30.0 Å². The number of benzene rings is 2. The summed E-state index contributed by atoms with van der Waals surface area (Å²) in [6.45, 7) is 0. The molecular weight excluding hydrogens is 323 g/mol. The van der Waals surface area contributed by atoms with E-state index in [0.717, 1.165) is 6.07 Å². The largest absolute Gasteiger partial charge is 0.517 e. The molecule has 3 rings (SSSR count). The molecule has 0 unspecified atom stereocenters. The Balaban J connectivity index is 2.29. The maximum atomic E-state index is 12.6.